The Morgan fingerprint density at radius 1 is 1.28 bits per heavy atom. The van der Waals surface area contributed by atoms with Crippen LogP contribution >= 0.6 is 11.3 Å². The highest BCUT2D eigenvalue weighted by Crippen LogP contribution is 2.24. The predicted octanol–water partition coefficient (Wildman–Crippen LogP) is 2.73. The summed E-state index contributed by atoms with van der Waals surface area (Å²) in [5.41, 5.74) is 2.27. The molecular weight excluding hydrogens is 334 g/mol. The molecule has 0 aromatic carbocycles. The Balaban J connectivity index is 1.64. The molecule has 0 saturated carbocycles. The van der Waals surface area contributed by atoms with Crippen LogP contribution in [0.1, 0.15) is 44.2 Å². The summed E-state index contributed by atoms with van der Waals surface area (Å²) in [5, 5.41) is 21.0. The van der Waals surface area contributed by atoms with Gasteiger partial charge in [-0.05, 0) is 51.3 Å². The van der Waals surface area contributed by atoms with Gasteiger partial charge in [0.15, 0.2) is 5.82 Å². The number of aryl methyl sites for hydroxylation is 2. The minimum Gasteiger partial charge on any atom is -0.354 e. The number of amides is 1. The van der Waals surface area contributed by atoms with E-state index in [-0.39, 0.29) is 11.9 Å². The minimum absolute atomic E-state index is 0.000218. The molecule has 0 atom stereocenters. The average Bonchev–Trinajstić information content (AvgIpc) is 3.04. The maximum atomic E-state index is 12.3. The van der Waals surface area contributed by atoms with Crippen LogP contribution in [0.3, 0.4) is 0 Å². The monoisotopic (exact) mass is 355 g/mol. The first-order chi connectivity index (χ1) is 12.0. The fourth-order valence-electron chi connectivity index (χ4n) is 3.00. The fourth-order valence-corrected chi connectivity index (χ4v) is 3.77. The van der Waals surface area contributed by atoms with Gasteiger partial charge < -0.3 is 10.2 Å². The van der Waals surface area contributed by atoms with Crippen molar-refractivity contribution in [3.05, 3.63) is 38.7 Å². The number of anilines is 1. The molecule has 0 bridgehead atoms. The molecule has 130 valence electrons. The molecule has 1 N–H and O–H groups in total. The molecule has 3 heterocycles. The number of carbonyl (C=O) groups is 1. The first kappa shape index (κ1) is 17.4. The summed E-state index contributed by atoms with van der Waals surface area (Å²) in [5.74, 6) is 0.657. The molecule has 2 aromatic heterocycles. The zero-order valence-electron chi connectivity index (χ0n) is 14.7. The summed E-state index contributed by atoms with van der Waals surface area (Å²) in [6, 6.07) is 6.24. The van der Waals surface area contributed by atoms with Gasteiger partial charge in [0.2, 0.25) is 0 Å². The van der Waals surface area contributed by atoms with Crippen molar-refractivity contribution in [3.63, 3.8) is 0 Å². The highest BCUT2D eigenvalue weighted by atomic mass is 32.1. The Morgan fingerprint density at radius 3 is 2.60 bits per heavy atom. The Bertz CT molecular complexity index is 830. The largest absolute Gasteiger partial charge is 0.354 e. The van der Waals surface area contributed by atoms with E-state index in [0.29, 0.717) is 11.4 Å². The van der Waals surface area contributed by atoms with E-state index in [1.54, 1.807) is 0 Å². The first-order valence-electron chi connectivity index (χ1n) is 8.36. The number of piperidine rings is 1. The number of hydrogen-bond acceptors (Lipinski definition) is 6. The first-order valence-corrected chi connectivity index (χ1v) is 9.17. The van der Waals surface area contributed by atoms with Crippen LogP contribution < -0.4 is 10.2 Å². The van der Waals surface area contributed by atoms with Crippen LogP contribution in [0.2, 0.25) is 0 Å². The fraction of sp³-hybridized carbons (Fsp3) is 0.444. The molecule has 0 radical (unpaired) electrons. The minimum atomic E-state index is 0.000218. The molecule has 2 aromatic rings. The van der Waals surface area contributed by atoms with Gasteiger partial charge in [0.1, 0.15) is 11.6 Å². The number of aromatic nitrogens is 2. The quantitative estimate of drug-likeness (QED) is 0.915. The van der Waals surface area contributed by atoms with Crippen LogP contribution in [0, 0.1) is 32.1 Å². The molecule has 1 aliphatic rings. The maximum absolute atomic E-state index is 12.3. The normalized spacial score (nSPS) is 15.0. The van der Waals surface area contributed by atoms with Crippen molar-refractivity contribution in [1.29, 1.82) is 5.26 Å². The SMILES string of the molecule is Cc1ccc(C(=O)NC2CCN(c3nnc(C)c(C)c3C#N)CC2)s1. The zero-order valence-corrected chi connectivity index (χ0v) is 15.5. The van der Waals surface area contributed by atoms with E-state index in [2.05, 4.69) is 26.5 Å². The van der Waals surface area contributed by atoms with Crippen LogP contribution in [0.15, 0.2) is 12.1 Å². The van der Waals surface area contributed by atoms with Crippen LogP contribution in [0.4, 0.5) is 5.82 Å². The second-order valence-electron chi connectivity index (χ2n) is 6.37. The third-order valence-corrected chi connectivity index (χ3v) is 5.64. The summed E-state index contributed by atoms with van der Waals surface area (Å²) in [6.07, 6.45) is 1.66. The van der Waals surface area contributed by atoms with Crippen molar-refractivity contribution in [2.45, 2.75) is 39.7 Å². The third kappa shape index (κ3) is 3.64. The van der Waals surface area contributed by atoms with E-state index >= 15 is 0 Å². The van der Waals surface area contributed by atoms with Gasteiger partial charge in [0.25, 0.3) is 5.91 Å². The van der Waals surface area contributed by atoms with Gasteiger partial charge in [-0.2, -0.15) is 10.4 Å². The van der Waals surface area contributed by atoms with E-state index < -0.39 is 0 Å². The van der Waals surface area contributed by atoms with E-state index in [9.17, 15) is 10.1 Å². The van der Waals surface area contributed by atoms with Crippen LogP contribution in [0.5, 0.6) is 0 Å². The van der Waals surface area contributed by atoms with Crippen molar-refractivity contribution in [3.8, 4) is 6.07 Å². The van der Waals surface area contributed by atoms with Gasteiger partial charge in [-0.25, -0.2) is 0 Å². The number of nitrogens with one attached hydrogen (secondary N) is 1. The highest BCUT2D eigenvalue weighted by Gasteiger charge is 2.25. The lowest BCUT2D eigenvalue weighted by Crippen LogP contribution is -2.45. The summed E-state index contributed by atoms with van der Waals surface area (Å²) in [7, 11) is 0. The maximum Gasteiger partial charge on any atom is 0.261 e. The molecule has 3 rings (SSSR count). The van der Waals surface area contributed by atoms with Crippen LogP contribution in [0.25, 0.3) is 0 Å². The molecule has 1 saturated heterocycles. The van der Waals surface area contributed by atoms with Gasteiger partial charge in [-0.3, -0.25) is 4.79 Å². The van der Waals surface area contributed by atoms with Crippen LogP contribution in [-0.2, 0) is 0 Å². The number of nitrogens with zero attached hydrogens (tertiary/aromatic N) is 4. The number of carbonyl (C=O) groups excluding carboxylic acids is 1. The van der Waals surface area contributed by atoms with E-state index in [1.165, 1.54) is 11.3 Å². The summed E-state index contributed by atoms with van der Waals surface area (Å²) in [6.45, 7) is 7.26. The van der Waals surface area contributed by atoms with E-state index in [1.807, 2.05) is 32.9 Å². The second-order valence-corrected chi connectivity index (χ2v) is 7.65. The molecule has 1 amide bonds. The van der Waals surface area contributed by atoms with Crippen molar-refractivity contribution >= 4 is 23.1 Å². The molecule has 7 heteroatoms. The Morgan fingerprint density at radius 2 is 2.00 bits per heavy atom. The van der Waals surface area contributed by atoms with Crippen LogP contribution in [-0.4, -0.2) is 35.2 Å². The van der Waals surface area contributed by atoms with Crippen molar-refractivity contribution < 1.29 is 4.79 Å². The second kappa shape index (κ2) is 7.19. The molecular formula is C18H21N5OS. The zero-order chi connectivity index (χ0) is 18.0. The molecule has 0 spiro atoms. The number of nitriles is 1. The predicted molar refractivity (Wildman–Crippen MR) is 98.0 cm³/mol. The molecule has 1 aliphatic heterocycles. The van der Waals surface area contributed by atoms with Gasteiger partial charge in [0, 0.05) is 24.0 Å². The lowest BCUT2D eigenvalue weighted by molar-refractivity contribution is 0.0935. The van der Waals surface area contributed by atoms with Gasteiger partial charge in [0.05, 0.1) is 10.6 Å². The lowest BCUT2D eigenvalue weighted by Gasteiger charge is -2.33. The molecule has 0 aliphatic carbocycles. The Kier molecular flexibility index (Phi) is 5.00. The number of thiophene rings is 1. The third-order valence-electron chi connectivity index (χ3n) is 4.64. The van der Waals surface area contributed by atoms with Crippen molar-refractivity contribution in [2.24, 2.45) is 0 Å². The average molecular weight is 355 g/mol. The number of hydrogen-bond donors (Lipinski definition) is 1. The number of rotatable bonds is 3. The van der Waals surface area contributed by atoms with Crippen molar-refractivity contribution in [2.75, 3.05) is 18.0 Å². The van der Waals surface area contributed by atoms with Gasteiger partial charge >= 0.3 is 0 Å². The van der Waals surface area contributed by atoms with E-state index in [4.69, 9.17) is 0 Å². The standard InChI is InChI=1S/C18H21N5OS/c1-11-4-5-16(25-11)18(24)20-14-6-8-23(9-7-14)17-15(10-19)12(2)13(3)21-22-17/h4-5,14H,6-9H2,1-3H3,(H,20,24). The molecule has 6 nitrogen and oxygen atoms in total. The summed E-state index contributed by atoms with van der Waals surface area (Å²) in [4.78, 5) is 16.3. The summed E-state index contributed by atoms with van der Waals surface area (Å²) >= 11 is 1.51. The van der Waals surface area contributed by atoms with E-state index in [0.717, 1.165) is 46.9 Å². The highest BCUT2D eigenvalue weighted by molar-refractivity contribution is 7.13. The molecule has 25 heavy (non-hydrogen) atoms. The smallest absolute Gasteiger partial charge is 0.261 e. The lowest BCUT2D eigenvalue weighted by atomic mass is 10.0. The van der Waals surface area contributed by atoms with Gasteiger partial charge in [-0.15, -0.1) is 16.4 Å². The molecule has 1 fully saturated rings. The molecule has 0 unspecified atom stereocenters. The van der Waals surface area contributed by atoms with Gasteiger partial charge in [-0.1, -0.05) is 0 Å². The Labute approximate surface area is 151 Å². The topological polar surface area (TPSA) is 81.9 Å². The Hall–Kier alpha value is -2.46. The summed E-state index contributed by atoms with van der Waals surface area (Å²) < 4.78 is 0. The van der Waals surface area contributed by atoms with Crippen molar-refractivity contribution in [1.82, 2.24) is 15.5 Å².